The molecule has 0 saturated carbocycles. The Morgan fingerprint density at radius 2 is 1.86 bits per heavy atom. The standard InChI is InChI=1S/C20H20BrN3O4/c1-2-24-16-8-5-13(21)11-15(16)17(20(24)28)23-19(27)18(26)22-10-9-12-3-6-14(25)7-4-12/h3-8,11,17,25H,2,9-10H2,1H3,(H,22,26)(H,23,27)/t17-/m0/s1. The largest absolute Gasteiger partial charge is 0.508 e. The molecule has 1 aliphatic heterocycles. The van der Waals surface area contributed by atoms with Gasteiger partial charge in [0.25, 0.3) is 5.91 Å². The number of carbonyl (C=O) groups excluding carboxylic acids is 3. The Morgan fingerprint density at radius 1 is 1.14 bits per heavy atom. The molecule has 8 heteroatoms. The summed E-state index contributed by atoms with van der Waals surface area (Å²) >= 11 is 3.37. The van der Waals surface area contributed by atoms with E-state index in [0.717, 1.165) is 15.7 Å². The first-order chi connectivity index (χ1) is 13.4. The Kier molecular flexibility index (Phi) is 5.99. The van der Waals surface area contributed by atoms with Crippen LogP contribution in [0, 0.1) is 0 Å². The van der Waals surface area contributed by atoms with Gasteiger partial charge in [0, 0.05) is 28.8 Å². The highest BCUT2D eigenvalue weighted by Crippen LogP contribution is 2.37. The van der Waals surface area contributed by atoms with Crippen molar-refractivity contribution in [2.45, 2.75) is 19.4 Å². The average Bonchev–Trinajstić information content (AvgIpc) is 2.93. The zero-order valence-electron chi connectivity index (χ0n) is 15.2. The summed E-state index contributed by atoms with van der Waals surface area (Å²) in [6.45, 7) is 2.58. The predicted molar refractivity (Wildman–Crippen MR) is 108 cm³/mol. The van der Waals surface area contributed by atoms with Gasteiger partial charge < -0.3 is 20.6 Å². The van der Waals surface area contributed by atoms with Gasteiger partial charge in [-0.05, 0) is 49.2 Å². The molecule has 0 unspecified atom stereocenters. The van der Waals surface area contributed by atoms with Crippen LogP contribution in [0.1, 0.15) is 24.1 Å². The Balaban J connectivity index is 1.61. The third-order valence-electron chi connectivity index (χ3n) is 4.54. The highest BCUT2D eigenvalue weighted by atomic mass is 79.9. The number of aromatic hydroxyl groups is 1. The van der Waals surface area contributed by atoms with Crippen molar-refractivity contribution in [3.05, 3.63) is 58.1 Å². The zero-order valence-corrected chi connectivity index (χ0v) is 16.8. The van der Waals surface area contributed by atoms with Gasteiger partial charge in [0.1, 0.15) is 11.8 Å². The van der Waals surface area contributed by atoms with Gasteiger partial charge in [-0.3, -0.25) is 14.4 Å². The molecule has 1 heterocycles. The number of hydrogen-bond acceptors (Lipinski definition) is 4. The number of carbonyl (C=O) groups is 3. The molecule has 7 nitrogen and oxygen atoms in total. The minimum atomic E-state index is -0.886. The van der Waals surface area contributed by atoms with Crippen LogP contribution in [0.4, 0.5) is 5.69 Å². The molecule has 3 rings (SSSR count). The Morgan fingerprint density at radius 3 is 2.54 bits per heavy atom. The Bertz CT molecular complexity index is 914. The number of rotatable bonds is 5. The Labute approximate surface area is 170 Å². The smallest absolute Gasteiger partial charge is 0.310 e. The van der Waals surface area contributed by atoms with E-state index in [1.807, 2.05) is 19.1 Å². The summed E-state index contributed by atoms with van der Waals surface area (Å²) in [5.74, 6) is -1.74. The number of nitrogens with one attached hydrogen (secondary N) is 2. The number of amides is 3. The fourth-order valence-corrected chi connectivity index (χ4v) is 3.51. The first-order valence-electron chi connectivity index (χ1n) is 8.88. The molecule has 0 saturated heterocycles. The fourth-order valence-electron chi connectivity index (χ4n) is 3.14. The van der Waals surface area contributed by atoms with E-state index >= 15 is 0 Å². The summed E-state index contributed by atoms with van der Waals surface area (Å²) in [7, 11) is 0. The van der Waals surface area contributed by atoms with Crippen LogP contribution in [-0.2, 0) is 20.8 Å². The maximum Gasteiger partial charge on any atom is 0.310 e. The molecule has 1 aliphatic rings. The molecule has 3 amide bonds. The summed E-state index contributed by atoms with van der Waals surface area (Å²) in [5.41, 5.74) is 2.31. The van der Waals surface area contributed by atoms with Crippen molar-refractivity contribution in [1.29, 1.82) is 0 Å². The summed E-state index contributed by atoms with van der Waals surface area (Å²) in [6.07, 6.45) is 0.515. The molecule has 3 N–H and O–H groups in total. The van der Waals surface area contributed by atoms with Crippen molar-refractivity contribution in [2.24, 2.45) is 0 Å². The lowest BCUT2D eigenvalue weighted by molar-refractivity contribution is -0.140. The first kappa shape index (κ1) is 19.9. The number of phenolic OH excluding ortho intramolecular Hbond substituents is 1. The van der Waals surface area contributed by atoms with Crippen LogP contribution in [0.15, 0.2) is 46.9 Å². The summed E-state index contributed by atoms with van der Waals surface area (Å²) < 4.78 is 0.787. The van der Waals surface area contributed by atoms with E-state index in [4.69, 9.17) is 0 Å². The normalized spacial score (nSPS) is 15.3. The van der Waals surface area contributed by atoms with Gasteiger partial charge in [-0.1, -0.05) is 28.1 Å². The van der Waals surface area contributed by atoms with Crippen molar-refractivity contribution in [2.75, 3.05) is 18.0 Å². The molecule has 1 atom stereocenters. The van der Waals surface area contributed by atoms with Crippen LogP contribution in [0.2, 0.25) is 0 Å². The molecule has 0 aliphatic carbocycles. The van der Waals surface area contributed by atoms with Gasteiger partial charge in [0.05, 0.1) is 0 Å². The third-order valence-corrected chi connectivity index (χ3v) is 5.03. The molecule has 0 spiro atoms. The van der Waals surface area contributed by atoms with Gasteiger partial charge in [-0.15, -0.1) is 0 Å². The number of likely N-dealkylation sites (N-methyl/N-ethyl adjacent to an activating group) is 1. The summed E-state index contributed by atoms with van der Waals surface area (Å²) in [5, 5.41) is 14.4. The minimum Gasteiger partial charge on any atom is -0.508 e. The molecule has 2 aromatic rings. The number of hydrogen-bond donors (Lipinski definition) is 3. The molecular formula is C20H20BrN3O4. The molecule has 28 heavy (non-hydrogen) atoms. The van der Waals surface area contributed by atoms with Crippen molar-refractivity contribution >= 4 is 39.3 Å². The van der Waals surface area contributed by atoms with Crippen LogP contribution in [0.25, 0.3) is 0 Å². The highest BCUT2D eigenvalue weighted by molar-refractivity contribution is 9.10. The van der Waals surface area contributed by atoms with E-state index < -0.39 is 17.9 Å². The second-order valence-corrected chi connectivity index (χ2v) is 7.28. The molecule has 0 fully saturated rings. The van der Waals surface area contributed by atoms with E-state index in [9.17, 15) is 19.5 Å². The second-order valence-electron chi connectivity index (χ2n) is 6.36. The number of benzene rings is 2. The van der Waals surface area contributed by atoms with Gasteiger partial charge >= 0.3 is 11.8 Å². The maximum atomic E-state index is 12.6. The number of anilines is 1. The molecular weight excluding hydrogens is 426 g/mol. The lowest BCUT2D eigenvalue weighted by Crippen LogP contribution is -2.44. The van der Waals surface area contributed by atoms with Crippen molar-refractivity contribution in [3.63, 3.8) is 0 Å². The number of fused-ring (bicyclic) bond motifs is 1. The Hall–Kier alpha value is -2.87. The van der Waals surface area contributed by atoms with Gasteiger partial charge in [-0.25, -0.2) is 0 Å². The fraction of sp³-hybridized carbons (Fsp3) is 0.250. The van der Waals surface area contributed by atoms with E-state index in [2.05, 4.69) is 26.6 Å². The summed E-state index contributed by atoms with van der Waals surface area (Å²) in [4.78, 5) is 38.6. The van der Waals surface area contributed by atoms with E-state index in [1.165, 1.54) is 0 Å². The van der Waals surface area contributed by atoms with Gasteiger partial charge in [-0.2, -0.15) is 0 Å². The van der Waals surface area contributed by atoms with E-state index in [-0.39, 0.29) is 18.2 Å². The number of nitrogens with zero attached hydrogens (tertiary/aromatic N) is 1. The van der Waals surface area contributed by atoms with Crippen LogP contribution < -0.4 is 15.5 Å². The molecule has 0 radical (unpaired) electrons. The second kappa shape index (κ2) is 8.43. The topological polar surface area (TPSA) is 98.7 Å². The summed E-state index contributed by atoms with van der Waals surface area (Å²) in [6, 6.07) is 11.1. The van der Waals surface area contributed by atoms with Crippen LogP contribution in [0.5, 0.6) is 5.75 Å². The van der Waals surface area contributed by atoms with Crippen LogP contribution >= 0.6 is 15.9 Å². The number of phenols is 1. The monoisotopic (exact) mass is 445 g/mol. The predicted octanol–water partition coefficient (Wildman–Crippen LogP) is 2.04. The third kappa shape index (κ3) is 4.17. The molecule has 0 aromatic heterocycles. The van der Waals surface area contributed by atoms with Crippen LogP contribution in [-0.4, -0.2) is 35.9 Å². The first-order valence-corrected chi connectivity index (χ1v) is 9.67. The number of halogens is 1. The van der Waals surface area contributed by atoms with Crippen molar-refractivity contribution in [1.82, 2.24) is 10.6 Å². The van der Waals surface area contributed by atoms with E-state index in [1.54, 1.807) is 35.2 Å². The van der Waals surface area contributed by atoms with Gasteiger partial charge in [0.2, 0.25) is 0 Å². The lowest BCUT2D eigenvalue weighted by atomic mass is 10.1. The maximum absolute atomic E-state index is 12.6. The SMILES string of the molecule is CCN1C(=O)[C@@H](NC(=O)C(=O)NCCc2ccc(O)cc2)c2cc(Br)ccc21. The van der Waals surface area contributed by atoms with Crippen molar-refractivity contribution in [3.8, 4) is 5.75 Å². The van der Waals surface area contributed by atoms with Crippen molar-refractivity contribution < 1.29 is 19.5 Å². The minimum absolute atomic E-state index is 0.168. The zero-order chi connectivity index (χ0) is 20.3. The average molecular weight is 446 g/mol. The lowest BCUT2D eigenvalue weighted by Gasteiger charge is -2.15. The molecule has 146 valence electrons. The quantitative estimate of drug-likeness (QED) is 0.613. The molecule has 0 bridgehead atoms. The highest BCUT2D eigenvalue weighted by Gasteiger charge is 2.38. The van der Waals surface area contributed by atoms with Crippen LogP contribution in [0.3, 0.4) is 0 Å². The molecule has 2 aromatic carbocycles. The van der Waals surface area contributed by atoms with Gasteiger partial charge in [0.15, 0.2) is 0 Å². The van der Waals surface area contributed by atoms with E-state index in [0.29, 0.717) is 18.5 Å².